The molecule has 0 unspecified atom stereocenters. The summed E-state index contributed by atoms with van der Waals surface area (Å²) in [5, 5.41) is 2.70. The third-order valence-electron chi connectivity index (χ3n) is 4.87. The Hall–Kier alpha value is -3.87. The molecule has 3 aromatic carbocycles. The minimum absolute atomic E-state index is 0.155. The first kappa shape index (κ1) is 20.4. The third kappa shape index (κ3) is 3.82. The van der Waals surface area contributed by atoms with Crippen LogP contribution < -0.4 is 10.7 Å². The molecule has 156 valence electrons. The Bertz CT molecular complexity index is 1390. The van der Waals surface area contributed by atoms with Gasteiger partial charge in [0.15, 0.2) is 22.9 Å². The van der Waals surface area contributed by atoms with Gasteiger partial charge in [0.1, 0.15) is 11.3 Å². The van der Waals surface area contributed by atoms with Crippen molar-refractivity contribution >= 4 is 22.6 Å². The predicted molar refractivity (Wildman–Crippen MR) is 112 cm³/mol. The van der Waals surface area contributed by atoms with Crippen molar-refractivity contribution in [1.82, 2.24) is 0 Å². The standard InChI is InChI=1S/C24H16F3NO3/c1-12-9-13(2)23-16(10-12)19(29)11-20(31-23)14-3-5-15(6-4-14)24(30)28-18-8-7-17(25)21(26)22(18)27/h3-11H,1-2H3,(H,28,30). The van der Waals surface area contributed by atoms with Crippen LogP contribution in [0.4, 0.5) is 18.9 Å². The minimum atomic E-state index is -1.66. The minimum Gasteiger partial charge on any atom is -0.456 e. The van der Waals surface area contributed by atoms with Crippen LogP contribution in [0.25, 0.3) is 22.3 Å². The summed E-state index contributed by atoms with van der Waals surface area (Å²) in [7, 11) is 0. The van der Waals surface area contributed by atoms with E-state index in [1.54, 1.807) is 18.2 Å². The summed E-state index contributed by atoms with van der Waals surface area (Å²) in [4.78, 5) is 24.9. The number of rotatable bonds is 3. The zero-order valence-corrected chi connectivity index (χ0v) is 16.6. The molecule has 1 aromatic heterocycles. The molecule has 0 saturated carbocycles. The fraction of sp³-hybridized carbons (Fsp3) is 0.0833. The number of amides is 1. The van der Waals surface area contributed by atoms with Crippen molar-refractivity contribution in [2.75, 3.05) is 5.32 Å². The third-order valence-corrected chi connectivity index (χ3v) is 4.87. The maximum absolute atomic E-state index is 13.8. The Balaban J connectivity index is 1.63. The number of carbonyl (C=O) groups excluding carboxylic acids is 1. The molecule has 0 aliphatic carbocycles. The van der Waals surface area contributed by atoms with Gasteiger partial charge in [0, 0.05) is 17.2 Å². The number of fused-ring (bicyclic) bond motifs is 1. The topological polar surface area (TPSA) is 59.3 Å². The average molecular weight is 423 g/mol. The van der Waals surface area contributed by atoms with Crippen LogP contribution in [-0.2, 0) is 0 Å². The van der Waals surface area contributed by atoms with E-state index in [0.717, 1.165) is 23.3 Å². The predicted octanol–water partition coefficient (Wildman–Crippen LogP) is 5.75. The molecular weight excluding hydrogens is 407 g/mol. The fourth-order valence-corrected chi connectivity index (χ4v) is 3.35. The monoisotopic (exact) mass is 423 g/mol. The maximum atomic E-state index is 13.8. The van der Waals surface area contributed by atoms with Gasteiger partial charge in [-0.2, -0.15) is 0 Å². The van der Waals surface area contributed by atoms with E-state index in [4.69, 9.17) is 4.42 Å². The zero-order valence-electron chi connectivity index (χ0n) is 16.6. The van der Waals surface area contributed by atoms with E-state index in [0.29, 0.717) is 22.3 Å². The SMILES string of the molecule is Cc1cc(C)c2oc(-c3ccc(C(=O)Nc4ccc(F)c(F)c4F)cc3)cc(=O)c2c1. The molecule has 4 nitrogen and oxygen atoms in total. The first-order valence-corrected chi connectivity index (χ1v) is 9.35. The lowest BCUT2D eigenvalue weighted by Gasteiger charge is -2.09. The lowest BCUT2D eigenvalue weighted by Crippen LogP contribution is -2.13. The Kier molecular flexibility index (Phi) is 5.10. The van der Waals surface area contributed by atoms with E-state index >= 15 is 0 Å². The summed E-state index contributed by atoms with van der Waals surface area (Å²) in [6, 6.07) is 12.8. The number of hydrogen-bond donors (Lipinski definition) is 1. The van der Waals surface area contributed by atoms with Crippen LogP contribution >= 0.6 is 0 Å². The normalized spacial score (nSPS) is 11.0. The summed E-state index contributed by atoms with van der Waals surface area (Å²) in [5.74, 6) is -4.86. The first-order valence-electron chi connectivity index (χ1n) is 9.35. The Labute approximate surface area is 174 Å². The Morgan fingerprint density at radius 1 is 0.903 bits per heavy atom. The summed E-state index contributed by atoms with van der Waals surface area (Å²) < 4.78 is 46.1. The van der Waals surface area contributed by atoms with Gasteiger partial charge in [0.25, 0.3) is 5.91 Å². The number of aryl methyl sites for hydroxylation is 2. The van der Waals surface area contributed by atoms with Gasteiger partial charge in [0.05, 0.1) is 11.1 Å². The fourth-order valence-electron chi connectivity index (χ4n) is 3.35. The van der Waals surface area contributed by atoms with Crippen LogP contribution in [0.3, 0.4) is 0 Å². The van der Waals surface area contributed by atoms with Crippen molar-refractivity contribution in [3.63, 3.8) is 0 Å². The molecule has 4 aromatic rings. The summed E-state index contributed by atoms with van der Waals surface area (Å²) >= 11 is 0. The van der Waals surface area contributed by atoms with Gasteiger partial charge >= 0.3 is 0 Å². The molecule has 0 aliphatic heterocycles. The Morgan fingerprint density at radius 3 is 2.32 bits per heavy atom. The summed E-state index contributed by atoms with van der Waals surface area (Å²) in [5.41, 5.74) is 2.34. The van der Waals surface area contributed by atoms with Crippen molar-refractivity contribution in [1.29, 1.82) is 0 Å². The van der Waals surface area contributed by atoms with Gasteiger partial charge in [0.2, 0.25) is 0 Å². The number of halogens is 3. The molecule has 0 spiro atoms. The highest BCUT2D eigenvalue weighted by molar-refractivity contribution is 6.04. The number of anilines is 1. The first-order chi connectivity index (χ1) is 14.7. The number of hydrogen-bond acceptors (Lipinski definition) is 3. The molecule has 31 heavy (non-hydrogen) atoms. The average Bonchev–Trinajstić information content (AvgIpc) is 2.75. The van der Waals surface area contributed by atoms with Crippen molar-refractivity contribution in [3.05, 3.63) is 99.0 Å². The number of benzene rings is 3. The second kappa shape index (κ2) is 7.75. The van der Waals surface area contributed by atoms with Crippen LogP contribution in [0.5, 0.6) is 0 Å². The molecule has 0 radical (unpaired) electrons. The second-order valence-corrected chi connectivity index (χ2v) is 7.19. The molecule has 4 rings (SSSR count). The lowest BCUT2D eigenvalue weighted by molar-refractivity contribution is 0.102. The molecular formula is C24H16F3NO3. The lowest BCUT2D eigenvalue weighted by atomic mass is 10.1. The highest BCUT2D eigenvalue weighted by Gasteiger charge is 2.16. The van der Waals surface area contributed by atoms with Crippen LogP contribution in [0, 0.1) is 31.3 Å². The van der Waals surface area contributed by atoms with E-state index in [1.165, 1.54) is 18.2 Å². The molecule has 0 fully saturated rings. The number of nitrogens with one attached hydrogen (secondary N) is 1. The van der Waals surface area contributed by atoms with Crippen LogP contribution in [0.15, 0.2) is 63.8 Å². The molecule has 1 N–H and O–H groups in total. The molecule has 0 saturated heterocycles. The molecule has 0 bridgehead atoms. The van der Waals surface area contributed by atoms with Crippen LogP contribution in [-0.4, -0.2) is 5.91 Å². The largest absolute Gasteiger partial charge is 0.456 e. The smallest absolute Gasteiger partial charge is 0.255 e. The molecule has 0 atom stereocenters. The van der Waals surface area contributed by atoms with Crippen LogP contribution in [0.2, 0.25) is 0 Å². The maximum Gasteiger partial charge on any atom is 0.255 e. The van der Waals surface area contributed by atoms with E-state index in [1.807, 2.05) is 19.9 Å². The molecule has 7 heteroatoms. The van der Waals surface area contributed by atoms with Crippen molar-refractivity contribution in [3.8, 4) is 11.3 Å². The molecule has 1 heterocycles. The van der Waals surface area contributed by atoms with Gasteiger partial charge in [-0.3, -0.25) is 9.59 Å². The molecule has 1 amide bonds. The van der Waals surface area contributed by atoms with Gasteiger partial charge in [-0.1, -0.05) is 18.2 Å². The van der Waals surface area contributed by atoms with Gasteiger partial charge in [-0.25, -0.2) is 13.2 Å². The number of carbonyl (C=O) groups is 1. The van der Waals surface area contributed by atoms with Crippen molar-refractivity contribution in [2.24, 2.45) is 0 Å². The summed E-state index contributed by atoms with van der Waals surface area (Å²) in [6.45, 7) is 3.75. The highest BCUT2D eigenvalue weighted by Crippen LogP contribution is 2.26. The second-order valence-electron chi connectivity index (χ2n) is 7.19. The van der Waals surface area contributed by atoms with E-state index in [-0.39, 0.29) is 11.0 Å². The Morgan fingerprint density at radius 2 is 1.61 bits per heavy atom. The van der Waals surface area contributed by atoms with E-state index in [9.17, 15) is 22.8 Å². The van der Waals surface area contributed by atoms with Crippen LogP contribution in [0.1, 0.15) is 21.5 Å². The molecule has 0 aliphatic rings. The van der Waals surface area contributed by atoms with Gasteiger partial charge < -0.3 is 9.73 Å². The quantitative estimate of drug-likeness (QED) is 0.427. The van der Waals surface area contributed by atoms with E-state index < -0.39 is 29.0 Å². The van der Waals surface area contributed by atoms with Crippen molar-refractivity contribution in [2.45, 2.75) is 13.8 Å². The van der Waals surface area contributed by atoms with Gasteiger partial charge in [-0.05, 0) is 55.3 Å². The zero-order chi connectivity index (χ0) is 22.3. The highest BCUT2D eigenvalue weighted by atomic mass is 19.2. The summed E-state index contributed by atoms with van der Waals surface area (Å²) in [6.07, 6.45) is 0. The van der Waals surface area contributed by atoms with Gasteiger partial charge in [-0.15, -0.1) is 0 Å². The van der Waals surface area contributed by atoms with E-state index in [2.05, 4.69) is 5.32 Å². The van der Waals surface area contributed by atoms with Crippen molar-refractivity contribution < 1.29 is 22.4 Å².